The van der Waals surface area contributed by atoms with Gasteiger partial charge < -0.3 is 5.32 Å². The summed E-state index contributed by atoms with van der Waals surface area (Å²) in [6.07, 6.45) is 1.63. The topological polar surface area (TPSA) is 24.9 Å². The van der Waals surface area contributed by atoms with Crippen LogP contribution in [0, 0.1) is 17.8 Å². The lowest BCUT2D eigenvalue weighted by atomic mass is 9.87. The molecule has 2 aliphatic rings. The highest BCUT2D eigenvalue weighted by Crippen LogP contribution is 2.57. The summed E-state index contributed by atoms with van der Waals surface area (Å²) < 4.78 is 39.2. The molecule has 2 aliphatic carbocycles. The number of alkyl halides is 3. The van der Waals surface area contributed by atoms with E-state index >= 15 is 0 Å². The van der Waals surface area contributed by atoms with E-state index in [2.05, 4.69) is 10.3 Å². The van der Waals surface area contributed by atoms with Crippen molar-refractivity contribution in [1.82, 2.24) is 10.3 Å². The van der Waals surface area contributed by atoms with Gasteiger partial charge in [-0.1, -0.05) is 0 Å². The van der Waals surface area contributed by atoms with Crippen LogP contribution >= 0.6 is 0 Å². The molecule has 3 atom stereocenters. The second-order valence-electron chi connectivity index (χ2n) is 5.71. The molecule has 0 aromatic carbocycles. The van der Waals surface area contributed by atoms with E-state index in [1.807, 2.05) is 0 Å². The smallest absolute Gasteiger partial charge is 0.313 e. The summed E-state index contributed by atoms with van der Waals surface area (Å²) in [5.74, 6) is 1.82. The molecule has 19 heavy (non-hydrogen) atoms. The highest BCUT2D eigenvalue weighted by Gasteiger charge is 2.49. The lowest BCUT2D eigenvalue weighted by molar-refractivity contribution is -0.138. The lowest BCUT2D eigenvalue weighted by Gasteiger charge is -2.27. The Hall–Kier alpha value is -1.10. The third-order valence-corrected chi connectivity index (χ3v) is 4.55. The number of hydrogen-bond donors (Lipinski definition) is 1. The average Bonchev–Trinajstić information content (AvgIpc) is 2.97. The summed E-state index contributed by atoms with van der Waals surface area (Å²) in [5.41, 5.74) is -0.258. The van der Waals surface area contributed by atoms with E-state index in [1.54, 1.807) is 7.05 Å². The first-order valence-electron chi connectivity index (χ1n) is 6.69. The first-order chi connectivity index (χ1) is 9.00. The van der Waals surface area contributed by atoms with Crippen LogP contribution < -0.4 is 5.32 Å². The predicted octanol–water partition coefficient (Wildman–Crippen LogP) is 3.41. The molecule has 0 bridgehead atoms. The summed E-state index contributed by atoms with van der Waals surface area (Å²) in [4.78, 5) is 3.89. The van der Waals surface area contributed by atoms with Gasteiger partial charge in [-0.2, -0.15) is 13.2 Å². The molecule has 0 amide bonds. The molecule has 5 heteroatoms. The number of hydrogen-bond acceptors (Lipinski definition) is 2. The van der Waals surface area contributed by atoms with Crippen molar-refractivity contribution in [2.24, 2.45) is 17.8 Å². The molecule has 104 valence electrons. The van der Waals surface area contributed by atoms with Crippen molar-refractivity contribution in [3.05, 3.63) is 29.6 Å². The van der Waals surface area contributed by atoms with Gasteiger partial charge in [0.25, 0.3) is 0 Å². The van der Waals surface area contributed by atoms with Crippen LogP contribution in [0.2, 0.25) is 0 Å². The molecule has 1 heterocycles. The second kappa shape index (κ2) is 4.47. The van der Waals surface area contributed by atoms with Crippen molar-refractivity contribution >= 4 is 0 Å². The van der Waals surface area contributed by atoms with E-state index in [1.165, 1.54) is 18.8 Å². The number of aromatic nitrogens is 1. The van der Waals surface area contributed by atoms with Crippen LogP contribution in [0.4, 0.5) is 13.2 Å². The zero-order valence-corrected chi connectivity index (χ0v) is 10.7. The molecule has 1 N–H and O–H groups in total. The Labute approximate surface area is 110 Å². The summed E-state index contributed by atoms with van der Waals surface area (Å²) in [6, 6.07) is 0.841. The fourth-order valence-corrected chi connectivity index (χ4v) is 3.59. The average molecular weight is 270 g/mol. The molecule has 1 aromatic rings. The Kier molecular flexibility index (Phi) is 3.04. The van der Waals surface area contributed by atoms with Gasteiger partial charge in [0.05, 0.1) is 5.56 Å². The van der Waals surface area contributed by atoms with Gasteiger partial charge in [-0.05, 0) is 55.7 Å². The van der Waals surface area contributed by atoms with Crippen molar-refractivity contribution in [3.8, 4) is 0 Å². The van der Waals surface area contributed by atoms with Gasteiger partial charge in [-0.3, -0.25) is 4.98 Å². The van der Waals surface area contributed by atoms with Gasteiger partial charge in [0, 0.05) is 18.4 Å². The van der Waals surface area contributed by atoms with E-state index in [9.17, 15) is 13.2 Å². The molecular weight excluding hydrogens is 253 g/mol. The van der Waals surface area contributed by atoms with Crippen LogP contribution in [-0.2, 0) is 6.18 Å². The minimum Gasteiger partial charge on any atom is -0.313 e. The molecule has 0 saturated heterocycles. The van der Waals surface area contributed by atoms with Gasteiger partial charge in [0.2, 0.25) is 0 Å². The highest BCUT2D eigenvalue weighted by molar-refractivity contribution is 5.30. The van der Waals surface area contributed by atoms with Crippen LogP contribution in [-0.4, -0.2) is 12.0 Å². The third-order valence-electron chi connectivity index (χ3n) is 4.55. The van der Waals surface area contributed by atoms with E-state index in [0.29, 0.717) is 11.5 Å². The van der Waals surface area contributed by atoms with Crippen LogP contribution in [0.5, 0.6) is 0 Å². The Morgan fingerprint density at radius 2 is 1.95 bits per heavy atom. The van der Waals surface area contributed by atoms with Crippen molar-refractivity contribution < 1.29 is 13.2 Å². The number of halogens is 3. The zero-order valence-electron chi connectivity index (χ0n) is 10.7. The van der Waals surface area contributed by atoms with E-state index in [0.717, 1.165) is 30.7 Å². The van der Waals surface area contributed by atoms with Gasteiger partial charge in [-0.15, -0.1) is 0 Å². The van der Waals surface area contributed by atoms with Crippen molar-refractivity contribution in [2.45, 2.75) is 31.5 Å². The molecule has 0 aliphatic heterocycles. The van der Waals surface area contributed by atoms with E-state index in [-0.39, 0.29) is 6.04 Å². The molecule has 0 spiro atoms. The van der Waals surface area contributed by atoms with Crippen molar-refractivity contribution in [1.29, 1.82) is 0 Å². The Morgan fingerprint density at radius 1 is 1.26 bits per heavy atom. The molecule has 0 radical (unpaired) electrons. The summed E-state index contributed by atoms with van der Waals surface area (Å²) in [7, 11) is 1.74. The largest absolute Gasteiger partial charge is 0.416 e. The maximum atomic E-state index is 13.1. The first kappa shape index (κ1) is 12.9. The summed E-state index contributed by atoms with van der Waals surface area (Å²) in [5, 5.41) is 3.07. The molecule has 3 unspecified atom stereocenters. The second-order valence-corrected chi connectivity index (χ2v) is 5.71. The van der Waals surface area contributed by atoms with Crippen LogP contribution in [0.3, 0.4) is 0 Å². The van der Waals surface area contributed by atoms with Gasteiger partial charge in [0.15, 0.2) is 0 Å². The fourth-order valence-electron chi connectivity index (χ4n) is 3.59. The molecule has 2 fully saturated rings. The molecular formula is C14H17F3N2. The van der Waals surface area contributed by atoms with Crippen molar-refractivity contribution in [3.63, 3.8) is 0 Å². The molecule has 1 aromatic heterocycles. The Balaban J connectivity index is 1.90. The van der Waals surface area contributed by atoms with Gasteiger partial charge >= 0.3 is 6.18 Å². The number of nitrogens with one attached hydrogen (secondary N) is 1. The minimum absolute atomic E-state index is 0.238. The summed E-state index contributed by atoms with van der Waals surface area (Å²) >= 11 is 0. The van der Waals surface area contributed by atoms with Crippen LogP contribution in [0.15, 0.2) is 18.5 Å². The quantitative estimate of drug-likeness (QED) is 0.910. The summed E-state index contributed by atoms with van der Waals surface area (Å²) in [6.45, 7) is 0. The monoisotopic (exact) mass is 270 g/mol. The maximum Gasteiger partial charge on any atom is 0.416 e. The first-order valence-corrected chi connectivity index (χ1v) is 6.69. The SMILES string of the molecule is CNC(c1cnccc1C(F)(F)F)C1CC2CC2C1. The van der Waals surface area contributed by atoms with Crippen LogP contribution in [0.1, 0.15) is 36.4 Å². The third kappa shape index (κ3) is 2.36. The molecule has 2 nitrogen and oxygen atoms in total. The van der Waals surface area contributed by atoms with Gasteiger partial charge in [-0.25, -0.2) is 0 Å². The van der Waals surface area contributed by atoms with Crippen molar-refractivity contribution in [2.75, 3.05) is 7.05 Å². The Morgan fingerprint density at radius 3 is 2.53 bits per heavy atom. The minimum atomic E-state index is -4.31. The number of rotatable bonds is 3. The molecule has 2 saturated carbocycles. The fraction of sp³-hybridized carbons (Fsp3) is 0.643. The van der Waals surface area contributed by atoms with Crippen LogP contribution in [0.25, 0.3) is 0 Å². The zero-order chi connectivity index (χ0) is 13.6. The number of pyridine rings is 1. The predicted molar refractivity (Wildman–Crippen MR) is 65.4 cm³/mol. The Bertz CT molecular complexity index is 462. The molecule has 3 rings (SSSR count). The van der Waals surface area contributed by atoms with Gasteiger partial charge in [0.1, 0.15) is 0 Å². The number of nitrogens with zero attached hydrogens (tertiary/aromatic N) is 1. The van der Waals surface area contributed by atoms with E-state index in [4.69, 9.17) is 0 Å². The standard InChI is InChI=1S/C14H17F3N2/c1-18-13(10-5-8-4-9(8)6-10)11-7-19-3-2-12(11)14(15,16)17/h2-3,7-10,13,18H,4-6H2,1H3. The van der Waals surface area contributed by atoms with E-state index < -0.39 is 11.7 Å². The maximum absolute atomic E-state index is 13.1. The lowest BCUT2D eigenvalue weighted by Crippen LogP contribution is -2.27. The number of fused-ring (bicyclic) bond motifs is 1. The highest BCUT2D eigenvalue weighted by atomic mass is 19.4. The normalized spacial score (nSPS) is 31.1.